The molecule has 2 rings (SSSR count). The minimum absolute atomic E-state index is 0.113. The third kappa shape index (κ3) is 3.14. The first-order valence-corrected chi connectivity index (χ1v) is 6.48. The second-order valence-electron chi connectivity index (χ2n) is 4.05. The number of hydrogen-bond donors (Lipinski definition) is 2. The lowest BCUT2D eigenvalue weighted by atomic mass is 10.1. The zero-order chi connectivity index (χ0) is 14.7. The van der Waals surface area contributed by atoms with Crippen molar-refractivity contribution in [3.05, 3.63) is 63.6 Å². The molecule has 1 amide bonds. The van der Waals surface area contributed by atoms with E-state index in [1.165, 1.54) is 30.3 Å². The number of rotatable bonds is 3. The molecule has 0 aliphatic rings. The molecule has 3 nitrogen and oxygen atoms in total. The Labute approximate surface area is 122 Å². The van der Waals surface area contributed by atoms with Gasteiger partial charge in [-0.15, -0.1) is 0 Å². The number of amides is 1. The highest BCUT2D eigenvalue weighted by Crippen LogP contribution is 2.20. The summed E-state index contributed by atoms with van der Waals surface area (Å²) in [6.07, 6.45) is 0. The van der Waals surface area contributed by atoms with Gasteiger partial charge in [0.1, 0.15) is 22.9 Å². The van der Waals surface area contributed by atoms with Gasteiger partial charge in [0.05, 0.1) is 0 Å². The largest absolute Gasteiger partial charge is 0.507 e. The first-order valence-electron chi connectivity index (χ1n) is 5.68. The molecule has 0 unspecified atom stereocenters. The lowest BCUT2D eigenvalue weighted by molar-refractivity contribution is 0.0943. The Morgan fingerprint density at radius 2 is 1.95 bits per heavy atom. The van der Waals surface area contributed by atoms with Gasteiger partial charge >= 0.3 is 0 Å². The normalized spacial score (nSPS) is 10.3. The predicted molar refractivity (Wildman–Crippen MR) is 73.3 cm³/mol. The summed E-state index contributed by atoms with van der Waals surface area (Å²) < 4.78 is 27.6. The van der Waals surface area contributed by atoms with Gasteiger partial charge in [0.2, 0.25) is 0 Å². The van der Waals surface area contributed by atoms with Crippen LogP contribution in [0.2, 0.25) is 0 Å². The number of carbonyl (C=O) groups excluding carboxylic acids is 1. The van der Waals surface area contributed by atoms with Crippen molar-refractivity contribution in [2.45, 2.75) is 6.54 Å². The van der Waals surface area contributed by atoms with E-state index in [2.05, 4.69) is 21.2 Å². The summed E-state index contributed by atoms with van der Waals surface area (Å²) in [7, 11) is 0. The van der Waals surface area contributed by atoms with Gasteiger partial charge in [-0.05, 0) is 30.3 Å². The SMILES string of the molecule is O=C(NCc1cc(Br)ccc1F)c1c(O)cccc1F. The van der Waals surface area contributed by atoms with Crippen molar-refractivity contribution in [1.82, 2.24) is 5.32 Å². The van der Waals surface area contributed by atoms with Crippen LogP contribution in [0, 0.1) is 11.6 Å². The highest BCUT2D eigenvalue weighted by atomic mass is 79.9. The summed E-state index contributed by atoms with van der Waals surface area (Å²) in [4.78, 5) is 11.8. The van der Waals surface area contributed by atoms with Crippen molar-refractivity contribution in [2.24, 2.45) is 0 Å². The number of phenols is 1. The van der Waals surface area contributed by atoms with Crippen molar-refractivity contribution >= 4 is 21.8 Å². The van der Waals surface area contributed by atoms with E-state index in [0.29, 0.717) is 4.47 Å². The molecule has 104 valence electrons. The molecule has 20 heavy (non-hydrogen) atoms. The average molecular weight is 342 g/mol. The number of hydrogen-bond acceptors (Lipinski definition) is 2. The molecule has 2 aromatic carbocycles. The quantitative estimate of drug-likeness (QED) is 0.899. The summed E-state index contributed by atoms with van der Waals surface area (Å²) >= 11 is 3.19. The molecule has 0 saturated heterocycles. The third-order valence-corrected chi connectivity index (χ3v) is 3.16. The second-order valence-corrected chi connectivity index (χ2v) is 4.97. The van der Waals surface area contributed by atoms with E-state index in [1.54, 1.807) is 0 Å². The molecule has 2 aromatic rings. The molecule has 0 spiro atoms. The molecule has 0 radical (unpaired) electrons. The summed E-state index contributed by atoms with van der Waals surface area (Å²) in [6.45, 7) is -0.113. The maximum atomic E-state index is 13.5. The smallest absolute Gasteiger partial charge is 0.258 e. The van der Waals surface area contributed by atoms with Gasteiger partial charge in [-0.25, -0.2) is 8.78 Å². The number of carbonyl (C=O) groups is 1. The number of aromatic hydroxyl groups is 1. The Bertz CT molecular complexity index is 641. The second kappa shape index (κ2) is 6.00. The predicted octanol–water partition coefficient (Wildman–Crippen LogP) is 3.36. The number of nitrogens with one attached hydrogen (secondary N) is 1. The molecule has 0 atom stereocenters. The van der Waals surface area contributed by atoms with Gasteiger partial charge in [0, 0.05) is 16.6 Å². The van der Waals surface area contributed by atoms with Crippen LogP contribution in [0.5, 0.6) is 5.75 Å². The fourth-order valence-corrected chi connectivity index (χ4v) is 2.09. The van der Waals surface area contributed by atoms with Crippen LogP contribution in [0.3, 0.4) is 0 Å². The van der Waals surface area contributed by atoms with Gasteiger partial charge in [0.25, 0.3) is 5.91 Å². The van der Waals surface area contributed by atoms with E-state index in [4.69, 9.17) is 0 Å². The fourth-order valence-electron chi connectivity index (χ4n) is 1.68. The van der Waals surface area contributed by atoms with Crippen LogP contribution in [0.4, 0.5) is 8.78 Å². The van der Waals surface area contributed by atoms with Crippen LogP contribution in [0.15, 0.2) is 40.9 Å². The molecule has 6 heteroatoms. The lowest BCUT2D eigenvalue weighted by Gasteiger charge is -2.08. The van der Waals surface area contributed by atoms with Gasteiger partial charge in [-0.2, -0.15) is 0 Å². The van der Waals surface area contributed by atoms with Crippen molar-refractivity contribution in [2.75, 3.05) is 0 Å². The summed E-state index contributed by atoms with van der Waals surface area (Å²) in [5, 5.41) is 11.8. The molecule has 0 saturated carbocycles. The Balaban J connectivity index is 2.15. The van der Waals surface area contributed by atoms with Gasteiger partial charge in [0.15, 0.2) is 0 Å². The van der Waals surface area contributed by atoms with Crippen LogP contribution >= 0.6 is 15.9 Å². The van der Waals surface area contributed by atoms with Crippen LogP contribution in [0.1, 0.15) is 15.9 Å². The maximum absolute atomic E-state index is 13.5. The van der Waals surface area contributed by atoms with Gasteiger partial charge in [-0.3, -0.25) is 4.79 Å². The van der Waals surface area contributed by atoms with Crippen LogP contribution in [0.25, 0.3) is 0 Å². The standard InChI is InChI=1S/C14H10BrF2NO2/c15-9-4-5-10(16)8(6-9)7-18-14(20)13-11(17)2-1-3-12(13)19/h1-6,19H,7H2,(H,18,20). The topological polar surface area (TPSA) is 49.3 Å². The number of phenolic OH excluding ortho intramolecular Hbond substituents is 1. The fraction of sp³-hybridized carbons (Fsp3) is 0.0714. The first-order chi connectivity index (χ1) is 9.49. The van der Waals surface area contributed by atoms with E-state index < -0.39 is 28.9 Å². The molecule has 0 aliphatic carbocycles. The van der Waals surface area contributed by atoms with Gasteiger partial charge < -0.3 is 10.4 Å². The van der Waals surface area contributed by atoms with Crippen LogP contribution < -0.4 is 5.32 Å². The van der Waals surface area contributed by atoms with Crippen molar-refractivity contribution in [3.8, 4) is 5.75 Å². The Morgan fingerprint density at radius 1 is 1.20 bits per heavy atom. The number of halogens is 3. The monoisotopic (exact) mass is 341 g/mol. The Kier molecular flexibility index (Phi) is 4.34. The maximum Gasteiger partial charge on any atom is 0.258 e. The highest BCUT2D eigenvalue weighted by molar-refractivity contribution is 9.10. The zero-order valence-corrected chi connectivity index (χ0v) is 11.7. The Hall–Kier alpha value is -1.95. The van der Waals surface area contributed by atoms with Gasteiger partial charge in [-0.1, -0.05) is 22.0 Å². The molecule has 2 N–H and O–H groups in total. The van der Waals surface area contributed by atoms with E-state index in [1.807, 2.05) is 0 Å². The van der Waals surface area contributed by atoms with E-state index >= 15 is 0 Å². The molecule has 0 fully saturated rings. The molecule has 0 aromatic heterocycles. The van der Waals surface area contributed by atoms with E-state index in [-0.39, 0.29) is 12.1 Å². The Morgan fingerprint density at radius 3 is 2.65 bits per heavy atom. The number of benzene rings is 2. The van der Waals surface area contributed by atoms with Crippen molar-refractivity contribution < 1.29 is 18.7 Å². The zero-order valence-electron chi connectivity index (χ0n) is 10.2. The minimum Gasteiger partial charge on any atom is -0.507 e. The first kappa shape index (κ1) is 14.5. The summed E-state index contributed by atoms with van der Waals surface area (Å²) in [5.41, 5.74) is -0.202. The molecule has 0 bridgehead atoms. The molecular weight excluding hydrogens is 332 g/mol. The lowest BCUT2D eigenvalue weighted by Crippen LogP contribution is -2.24. The van der Waals surface area contributed by atoms with Crippen LogP contribution in [-0.4, -0.2) is 11.0 Å². The van der Waals surface area contributed by atoms with E-state index in [0.717, 1.165) is 6.07 Å². The average Bonchev–Trinajstić information content (AvgIpc) is 2.39. The third-order valence-electron chi connectivity index (χ3n) is 2.67. The van der Waals surface area contributed by atoms with Crippen LogP contribution in [-0.2, 0) is 6.54 Å². The summed E-state index contributed by atoms with van der Waals surface area (Å²) in [5.74, 6) is -2.58. The minimum atomic E-state index is -0.836. The van der Waals surface area contributed by atoms with Crippen molar-refractivity contribution in [1.29, 1.82) is 0 Å². The highest BCUT2D eigenvalue weighted by Gasteiger charge is 2.16. The van der Waals surface area contributed by atoms with Crippen molar-refractivity contribution in [3.63, 3.8) is 0 Å². The molecule has 0 heterocycles. The van der Waals surface area contributed by atoms with E-state index in [9.17, 15) is 18.7 Å². The molecular formula is C14H10BrF2NO2. The summed E-state index contributed by atoms with van der Waals surface area (Å²) in [6, 6.07) is 7.85. The molecule has 0 aliphatic heterocycles.